The van der Waals surface area contributed by atoms with Crippen molar-refractivity contribution in [2.45, 2.75) is 20.8 Å². The van der Waals surface area contributed by atoms with Crippen molar-refractivity contribution < 1.29 is 19.4 Å². The third-order valence-electron chi connectivity index (χ3n) is 4.23. The van der Waals surface area contributed by atoms with E-state index in [9.17, 15) is 9.90 Å². The number of likely N-dealkylation sites (N-methyl/N-ethyl adjacent to an activating group) is 1. The van der Waals surface area contributed by atoms with E-state index in [-0.39, 0.29) is 22.4 Å². The second kappa shape index (κ2) is 9.91. The van der Waals surface area contributed by atoms with Crippen molar-refractivity contribution in [2.75, 3.05) is 19.8 Å². The molecule has 1 aliphatic rings. The van der Waals surface area contributed by atoms with E-state index in [1.165, 1.54) is 11.8 Å². The van der Waals surface area contributed by atoms with Crippen molar-refractivity contribution in [3.8, 4) is 17.2 Å². The molecule has 0 spiro atoms. The minimum atomic E-state index is -0.130. The number of carbonyl (C=O) groups is 1. The van der Waals surface area contributed by atoms with Crippen molar-refractivity contribution in [1.29, 1.82) is 0 Å². The largest absolute Gasteiger partial charge is 0.503 e. The number of thioether (sulfide) groups is 1. The number of benzene rings is 2. The molecule has 0 saturated carbocycles. The Balaban J connectivity index is 1.90. The summed E-state index contributed by atoms with van der Waals surface area (Å²) in [6, 6.07) is 10.7. The topological polar surface area (TPSA) is 71.4 Å². The van der Waals surface area contributed by atoms with Crippen LogP contribution in [0, 0.1) is 0 Å². The number of amides is 1. The second-order valence-electron chi connectivity index (χ2n) is 6.26. The number of phenolic OH excluding ortho intramolecular Hbond substituents is 1. The molecule has 0 bridgehead atoms. The predicted octanol–water partition coefficient (Wildman–Crippen LogP) is 5.47. The van der Waals surface area contributed by atoms with Gasteiger partial charge >= 0.3 is 0 Å². The van der Waals surface area contributed by atoms with Crippen molar-refractivity contribution in [1.82, 2.24) is 4.90 Å². The molecule has 0 unspecified atom stereocenters. The van der Waals surface area contributed by atoms with E-state index in [0.29, 0.717) is 35.4 Å². The van der Waals surface area contributed by atoms with E-state index < -0.39 is 0 Å². The number of rotatable bonds is 7. The Morgan fingerprint density at radius 3 is 2.47 bits per heavy atom. The number of nitrogens with zero attached hydrogens (tertiary/aromatic N) is 2. The van der Waals surface area contributed by atoms with Gasteiger partial charge in [0.05, 0.1) is 28.8 Å². The van der Waals surface area contributed by atoms with Crippen molar-refractivity contribution in [3.05, 3.63) is 51.9 Å². The number of aliphatic imine (C=N–C) groups is 1. The summed E-state index contributed by atoms with van der Waals surface area (Å²) in [4.78, 5) is 19.6. The van der Waals surface area contributed by atoms with Crippen LogP contribution < -0.4 is 9.47 Å². The first kappa shape index (κ1) is 22.1. The Morgan fingerprint density at radius 1 is 1.13 bits per heavy atom. The van der Waals surface area contributed by atoms with Gasteiger partial charge in [0.25, 0.3) is 5.91 Å². The summed E-state index contributed by atoms with van der Waals surface area (Å²) in [5, 5.41) is 10.8. The van der Waals surface area contributed by atoms with E-state index in [1.807, 2.05) is 45.0 Å². The van der Waals surface area contributed by atoms with E-state index in [4.69, 9.17) is 21.1 Å². The third kappa shape index (κ3) is 4.91. The van der Waals surface area contributed by atoms with Crippen LogP contribution in [0.1, 0.15) is 26.3 Å². The maximum absolute atomic E-state index is 12.9. The van der Waals surface area contributed by atoms with Gasteiger partial charge in [-0.05, 0) is 80.6 Å². The minimum absolute atomic E-state index is 0.112. The number of carbonyl (C=O) groups excluding carboxylic acids is 1. The average Bonchev–Trinajstić information content (AvgIpc) is 3.01. The molecule has 1 aliphatic heterocycles. The summed E-state index contributed by atoms with van der Waals surface area (Å²) in [6.45, 7) is 7.14. The zero-order chi connectivity index (χ0) is 21.7. The van der Waals surface area contributed by atoms with E-state index >= 15 is 0 Å². The summed E-state index contributed by atoms with van der Waals surface area (Å²) in [5.74, 6) is 0.815. The van der Waals surface area contributed by atoms with Crippen LogP contribution in [0.25, 0.3) is 6.08 Å². The summed E-state index contributed by atoms with van der Waals surface area (Å²) in [7, 11) is 0. The van der Waals surface area contributed by atoms with Crippen LogP contribution >= 0.6 is 23.4 Å². The van der Waals surface area contributed by atoms with Crippen molar-refractivity contribution in [2.24, 2.45) is 4.99 Å². The fourth-order valence-electron chi connectivity index (χ4n) is 2.86. The molecule has 158 valence electrons. The zero-order valence-electron chi connectivity index (χ0n) is 17.0. The van der Waals surface area contributed by atoms with Crippen LogP contribution in [-0.4, -0.2) is 40.8 Å². The quantitative estimate of drug-likeness (QED) is 0.571. The molecule has 8 heteroatoms. The molecule has 2 aromatic rings. The molecule has 1 saturated heterocycles. The van der Waals surface area contributed by atoms with Crippen LogP contribution in [-0.2, 0) is 4.79 Å². The van der Waals surface area contributed by atoms with Gasteiger partial charge in [0.1, 0.15) is 5.75 Å². The molecular weight excluding hydrogens is 424 g/mol. The van der Waals surface area contributed by atoms with Gasteiger partial charge in [-0.2, -0.15) is 0 Å². The second-order valence-corrected chi connectivity index (χ2v) is 7.68. The van der Waals surface area contributed by atoms with Crippen LogP contribution in [0.3, 0.4) is 0 Å². The zero-order valence-corrected chi connectivity index (χ0v) is 18.6. The number of hydrogen-bond donors (Lipinski definition) is 1. The Hall–Kier alpha value is -2.64. The summed E-state index contributed by atoms with van der Waals surface area (Å²) >= 11 is 7.40. The summed E-state index contributed by atoms with van der Waals surface area (Å²) < 4.78 is 10.9. The molecular formula is C22H23ClN2O4S. The standard InChI is InChI=1S/C22H23ClN2O4S/c1-4-25-21(27)19(13-14-11-17(23)20(26)18(12-14)29-6-3)30-22(25)24-15-7-9-16(10-8-15)28-5-2/h7-13,26H,4-6H2,1-3H3/b19-13-,24-22?. The van der Waals surface area contributed by atoms with Crippen LogP contribution in [0.4, 0.5) is 5.69 Å². The number of aromatic hydroxyl groups is 1. The van der Waals surface area contributed by atoms with Crippen molar-refractivity contribution >= 4 is 46.2 Å². The highest BCUT2D eigenvalue weighted by molar-refractivity contribution is 8.18. The fraction of sp³-hybridized carbons (Fsp3) is 0.273. The molecule has 1 amide bonds. The Kier molecular flexibility index (Phi) is 7.29. The third-order valence-corrected chi connectivity index (χ3v) is 5.52. The molecule has 6 nitrogen and oxygen atoms in total. The van der Waals surface area contributed by atoms with Gasteiger partial charge in [-0.25, -0.2) is 4.99 Å². The first-order valence-corrected chi connectivity index (χ1v) is 10.8. The maximum atomic E-state index is 12.9. The van der Waals surface area contributed by atoms with Crippen molar-refractivity contribution in [3.63, 3.8) is 0 Å². The molecule has 0 radical (unpaired) electrons. The number of hydrogen-bond acceptors (Lipinski definition) is 6. The molecule has 1 fully saturated rings. The van der Waals surface area contributed by atoms with Gasteiger partial charge in [0.15, 0.2) is 16.7 Å². The smallest absolute Gasteiger partial charge is 0.266 e. The highest BCUT2D eigenvalue weighted by Crippen LogP contribution is 2.38. The van der Waals surface area contributed by atoms with Crippen LogP contribution in [0.15, 0.2) is 46.3 Å². The minimum Gasteiger partial charge on any atom is -0.503 e. The lowest BCUT2D eigenvalue weighted by atomic mass is 10.2. The summed E-state index contributed by atoms with van der Waals surface area (Å²) in [5.41, 5.74) is 1.40. The number of amidine groups is 1. The Morgan fingerprint density at radius 2 is 1.83 bits per heavy atom. The molecule has 1 heterocycles. The lowest BCUT2D eigenvalue weighted by Gasteiger charge is -2.12. The van der Waals surface area contributed by atoms with Gasteiger partial charge in [0, 0.05) is 6.54 Å². The molecule has 1 N–H and O–H groups in total. The van der Waals surface area contributed by atoms with Gasteiger partial charge in [-0.15, -0.1) is 0 Å². The number of ether oxygens (including phenoxy) is 2. The number of phenols is 1. The SMILES string of the molecule is CCOc1ccc(N=C2S/C(=C\c3cc(Cl)c(O)c(OCC)c3)C(=O)N2CC)cc1. The number of halogens is 1. The lowest BCUT2D eigenvalue weighted by Crippen LogP contribution is -2.28. The molecule has 0 atom stereocenters. The highest BCUT2D eigenvalue weighted by atomic mass is 35.5. The monoisotopic (exact) mass is 446 g/mol. The molecule has 30 heavy (non-hydrogen) atoms. The summed E-state index contributed by atoms with van der Waals surface area (Å²) in [6.07, 6.45) is 1.73. The Labute approximate surface area is 185 Å². The van der Waals surface area contributed by atoms with Crippen LogP contribution in [0.5, 0.6) is 17.2 Å². The first-order valence-electron chi connectivity index (χ1n) is 9.65. The van der Waals surface area contributed by atoms with E-state index in [1.54, 1.807) is 23.1 Å². The fourth-order valence-corrected chi connectivity index (χ4v) is 4.14. The van der Waals surface area contributed by atoms with Gasteiger partial charge in [0.2, 0.25) is 0 Å². The predicted molar refractivity (Wildman–Crippen MR) is 122 cm³/mol. The lowest BCUT2D eigenvalue weighted by molar-refractivity contribution is -0.122. The molecule has 0 aromatic heterocycles. The normalized spacial score (nSPS) is 16.5. The van der Waals surface area contributed by atoms with E-state index in [0.717, 1.165) is 11.4 Å². The van der Waals surface area contributed by atoms with Gasteiger partial charge in [-0.1, -0.05) is 11.6 Å². The molecule has 2 aromatic carbocycles. The Bertz CT molecular complexity index is 989. The highest BCUT2D eigenvalue weighted by Gasteiger charge is 2.32. The maximum Gasteiger partial charge on any atom is 0.266 e. The van der Waals surface area contributed by atoms with Gasteiger partial charge < -0.3 is 14.6 Å². The molecule has 3 rings (SSSR count). The molecule has 0 aliphatic carbocycles. The average molecular weight is 447 g/mol. The first-order chi connectivity index (χ1) is 14.5. The van der Waals surface area contributed by atoms with Crippen LogP contribution in [0.2, 0.25) is 5.02 Å². The van der Waals surface area contributed by atoms with Gasteiger partial charge in [-0.3, -0.25) is 9.69 Å². The van der Waals surface area contributed by atoms with E-state index in [2.05, 4.69) is 4.99 Å².